The summed E-state index contributed by atoms with van der Waals surface area (Å²) in [6.45, 7) is 3.09. The number of nitrogens with one attached hydrogen (secondary N) is 1. The number of hydrogen-bond acceptors (Lipinski definition) is 4. The molecule has 2 aliphatic heterocycles. The summed E-state index contributed by atoms with van der Waals surface area (Å²) in [6.07, 6.45) is 8.32. The average Bonchev–Trinajstić information content (AvgIpc) is 2.62. The van der Waals surface area contributed by atoms with Gasteiger partial charge in [-0.05, 0) is 24.5 Å². The molecule has 1 aromatic heterocycles. The molecule has 1 unspecified atom stereocenters. The molecule has 2 fully saturated rings. The fourth-order valence-corrected chi connectivity index (χ4v) is 3.51. The molecule has 1 atom stereocenters. The summed E-state index contributed by atoms with van der Waals surface area (Å²) in [5, 5.41) is 3.35. The Balaban J connectivity index is 0.00000225. The van der Waals surface area contributed by atoms with Crippen molar-refractivity contribution < 1.29 is 9.59 Å². The van der Waals surface area contributed by atoms with Crippen molar-refractivity contribution in [3.8, 4) is 0 Å². The van der Waals surface area contributed by atoms with Crippen molar-refractivity contribution in [2.75, 3.05) is 32.7 Å². The van der Waals surface area contributed by atoms with E-state index in [1.54, 1.807) is 11.1 Å². The van der Waals surface area contributed by atoms with Gasteiger partial charge in [0.05, 0.1) is 12.6 Å². The molecule has 0 aliphatic carbocycles. The molecule has 3 heterocycles. The Morgan fingerprint density at radius 2 is 2.08 bits per heavy atom. The molecule has 0 aromatic carbocycles. The second-order valence-electron chi connectivity index (χ2n) is 6.57. The van der Waals surface area contributed by atoms with Gasteiger partial charge in [-0.25, -0.2) is 0 Å². The standard InChI is InChI=1S/C18H26N4O2.ClH/c23-17-7-3-1-2-4-10-21(17)14-18(24)22-11-9-20-13-16(22)15-6-5-8-19-12-15;/h5-6,8,12,16,20H,1-4,7,9-11,13-14H2;1H. The fourth-order valence-electron chi connectivity index (χ4n) is 3.51. The predicted molar refractivity (Wildman–Crippen MR) is 98.5 cm³/mol. The molecule has 7 heteroatoms. The first-order valence-corrected chi connectivity index (χ1v) is 8.93. The maximum absolute atomic E-state index is 12.9. The third-order valence-electron chi connectivity index (χ3n) is 4.88. The van der Waals surface area contributed by atoms with E-state index >= 15 is 0 Å². The lowest BCUT2D eigenvalue weighted by Crippen LogP contribution is -2.52. The van der Waals surface area contributed by atoms with Gasteiger partial charge in [-0.2, -0.15) is 0 Å². The molecule has 0 bridgehead atoms. The number of rotatable bonds is 3. The Bertz CT molecular complexity index is 569. The molecule has 0 spiro atoms. The van der Waals surface area contributed by atoms with Gasteiger partial charge in [0.15, 0.2) is 0 Å². The minimum absolute atomic E-state index is 0. The van der Waals surface area contributed by atoms with Gasteiger partial charge in [0.25, 0.3) is 0 Å². The van der Waals surface area contributed by atoms with Gasteiger partial charge in [-0.3, -0.25) is 14.6 Å². The maximum Gasteiger partial charge on any atom is 0.242 e. The highest BCUT2D eigenvalue weighted by molar-refractivity contribution is 5.85. The molecular weight excluding hydrogens is 340 g/mol. The van der Waals surface area contributed by atoms with Crippen molar-refractivity contribution >= 4 is 24.2 Å². The molecule has 1 N–H and O–H groups in total. The van der Waals surface area contributed by atoms with Crippen LogP contribution in [-0.2, 0) is 9.59 Å². The number of aromatic nitrogens is 1. The SMILES string of the molecule is Cl.O=C1CCCCCCN1CC(=O)N1CCNCC1c1cccnc1. The first-order valence-electron chi connectivity index (χ1n) is 8.93. The highest BCUT2D eigenvalue weighted by atomic mass is 35.5. The maximum atomic E-state index is 12.9. The summed E-state index contributed by atoms with van der Waals surface area (Å²) in [5.41, 5.74) is 1.04. The van der Waals surface area contributed by atoms with Crippen molar-refractivity contribution in [2.45, 2.75) is 38.1 Å². The minimum Gasteiger partial charge on any atom is -0.333 e. The zero-order valence-corrected chi connectivity index (χ0v) is 15.3. The number of nitrogens with zero attached hydrogens (tertiary/aromatic N) is 3. The zero-order valence-electron chi connectivity index (χ0n) is 14.5. The minimum atomic E-state index is -0.00944. The van der Waals surface area contributed by atoms with Crippen LogP contribution < -0.4 is 5.32 Å². The lowest BCUT2D eigenvalue weighted by molar-refractivity contribution is -0.143. The summed E-state index contributed by atoms with van der Waals surface area (Å²) in [6, 6.07) is 3.89. The normalized spacial score (nSPS) is 21.9. The van der Waals surface area contributed by atoms with Gasteiger partial charge in [-0.1, -0.05) is 18.9 Å². The molecule has 25 heavy (non-hydrogen) atoms. The molecule has 6 nitrogen and oxygen atoms in total. The van der Waals surface area contributed by atoms with Crippen molar-refractivity contribution in [3.05, 3.63) is 30.1 Å². The van der Waals surface area contributed by atoms with Gasteiger partial charge in [0.2, 0.25) is 11.8 Å². The van der Waals surface area contributed by atoms with Gasteiger partial charge >= 0.3 is 0 Å². The number of pyridine rings is 1. The number of amides is 2. The van der Waals surface area contributed by atoms with Crippen molar-refractivity contribution in [1.29, 1.82) is 0 Å². The molecule has 3 rings (SSSR count). The van der Waals surface area contributed by atoms with Crippen molar-refractivity contribution in [1.82, 2.24) is 20.1 Å². The lowest BCUT2D eigenvalue weighted by Gasteiger charge is -2.37. The van der Waals surface area contributed by atoms with Gasteiger partial charge < -0.3 is 15.1 Å². The van der Waals surface area contributed by atoms with Gasteiger partial charge in [0.1, 0.15) is 0 Å². The molecule has 138 valence electrons. The summed E-state index contributed by atoms with van der Waals surface area (Å²) in [7, 11) is 0. The monoisotopic (exact) mass is 366 g/mol. The lowest BCUT2D eigenvalue weighted by atomic mass is 10.0. The van der Waals surface area contributed by atoms with E-state index in [-0.39, 0.29) is 36.8 Å². The second kappa shape index (κ2) is 9.73. The van der Waals surface area contributed by atoms with Crippen LogP contribution in [0.15, 0.2) is 24.5 Å². The van der Waals surface area contributed by atoms with Crippen LogP contribution in [-0.4, -0.2) is 59.3 Å². The van der Waals surface area contributed by atoms with E-state index in [1.165, 1.54) is 0 Å². The smallest absolute Gasteiger partial charge is 0.242 e. The van der Waals surface area contributed by atoms with Crippen molar-refractivity contribution in [3.63, 3.8) is 0 Å². The number of carbonyl (C=O) groups is 2. The highest BCUT2D eigenvalue weighted by Gasteiger charge is 2.30. The van der Waals surface area contributed by atoms with Crippen LogP contribution in [0.4, 0.5) is 0 Å². The van der Waals surface area contributed by atoms with E-state index in [4.69, 9.17) is 0 Å². The van der Waals surface area contributed by atoms with E-state index in [0.717, 1.165) is 44.3 Å². The highest BCUT2D eigenvalue weighted by Crippen LogP contribution is 2.22. The molecule has 2 amide bonds. The Labute approximate surface area is 155 Å². The predicted octanol–water partition coefficient (Wildman–Crippen LogP) is 1.77. The molecule has 0 radical (unpaired) electrons. The van der Waals surface area contributed by atoms with Crippen LogP contribution in [0.25, 0.3) is 0 Å². The topological polar surface area (TPSA) is 65.5 Å². The summed E-state index contributed by atoms with van der Waals surface area (Å²) in [5.74, 6) is 0.162. The molecule has 0 saturated carbocycles. The number of piperazine rings is 1. The second-order valence-corrected chi connectivity index (χ2v) is 6.57. The van der Waals surface area contributed by atoms with Crippen molar-refractivity contribution in [2.24, 2.45) is 0 Å². The Morgan fingerprint density at radius 3 is 2.88 bits per heavy atom. The van der Waals surface area contributed by atoms with Gasteiger partial charge in [0, 0.05) is 45.0 Å². The third-order valence-corrected chi connectivity index (χ3v) is 4.88. The third kappa shape index (κ3) is 5.16. The quantitative estimate of drug-likeness (QED) is 0.885. The summed E-state index contributed by atoms with van der Waals surface area (Å²) < 4.78 is 0. The van der Waals surface area contributed by atoms with Crippen LogP contribution in [0.2, 0.25) is 0 Å². The zero-order chi connectivity index (χ0) is 16.8. The van der Waals surface area contributed by atoms with E-state index in [9.17, 15) is 9.59 Å². The first kappa shape index (κ1) is 19.7. The average molecular weight is 367 g/mol. The largest absolute Gasteiger partial charge is 0.333 e. The summed E-state index contributed by atoms with van der Waals surface area (Å²) in [4.78, 5) is 33.0. The van der Waals surface area contributed by atoms with E-state index in [2.05, 4.69) is 10.3 Å². The molecule has 2 aliphatic rings. The molecule has 2 saturated heterocycles. The van der Waals surface area contributed by atoms with Crippen LogP contribution in [0.3, 0.4) is 0 Å². The molecule has 1 aromatic rings. The fraction of sp³-hybridized carbons (Fsp3) is 0.611. The van der Waals surface area contributed by atoms with E-state index in [0.29, 0.717) is 19.5 Å². The van der Waals surface area contributed by atoms with E-state index < -0.39 is 0 Å². The Kier molecular flexibility index (Phi) is 7.65. The van der Waals surface area contributed by atoms with Crippen LogP contribution in [0.1, 0.15) is 43.7 Å². The van der Waals surface area contributed by atoms with Crippen LogP contribution in [0.5, 0.6) is 0 Å². The number of carbonyl (C=O) groups excluding carboxylic acids is 2. The summed E-state index contributed by atoms with van der Waals surface area (Å²) >= 11 is 0. The molecular formula is C18H27ClN4O2. The van der Waals surface area contributed by atoms with Crippen LogP contribution in [0, 0.1) is 0 Å². The Hall–Kier alpha value is -1.66. The van der Waals surface area contributed by atoms with E-state index in [1.807, 2.05) is 23.2 Å². The number of hydrogen-bond donors (Lipinski definition) is 1. The van der Waals surface area contributed by atoms with Crippen LogP contribution >= 0.6 is 12.4 Å². The first-order chi connectivity index (χ1) is 11.8. The van der Waals surface area contributed by atoms with Gasteiger partial charge in [-0.15, -0.1) is 12.4 Å². The Morgan fingerprint density at radius 1 is 1.24 bits per heavy atom. The number of halogens is 1. The number of likely N-dealkylation sites (tertiary alicyclic amines) is 1.